The molecule has 0 aromatic heterocycles. The summed E-state index contributed by atoms with van der Waals surface area (Å²) in [4.78, 5) is 7.20. The van der Waals surface area contributed by atoms with Crippen LogP contribution in [0.5, 0.6) is 0 Å². The zero-order valence-corrected chi connectivity index (χ0v) is 14.9. The van der Waals surface area contributed by atoms with Crippen molar-refractivity contribution >= 4 is 5.69 Å². The molecule has 23 heavy (non-hydrogen) atoms. The molecule has 3 heteroatoms. The Morgan fingerprint density at radius 2 is 1.70 bits per heavy atom. The van der Waals surface area contributed by atoms with Gasteiger partial charge in [-0.3, -0.25) is 0 Å². The summed E-state index contributed by atoms with van der Waals surface area (Å²) in [6.07, 6.45) is 8.86. The quantitative estimate of drug-likeness (QED) is 0.821. The van der Waals surface area contributed by atoms with Gasteiger partial charge in [-0.1, -0.05) is 23.8 Å². The molecule has 2 aliphatic rings. The Morgan fingerprint density at radius 1 is 1.04 bits per heavy atom. The van der Waals surface area contributed by atoms with Gasteiger partial charge in [-0.05, 0) is 57.9 Å². The molecule has 3 rings (SSSR count). The van der Waals surface area contributed by atoms with Gasteiger partial charge in [0.1, 0.15) is 12.5 Å². The summed E-state index contributed by atoms with van der Waals surface area (Å²) in [7, 11) is 0. The van der Waals surface area contributed by atoms with Crippen molar-refractivity contribution in [2.45, 2.75) is 34.6 Å². The minimum absolute atomic E-state index is 0.882. The van der Waals surface area contributed by atoms with Gasteiger partial charge in [0.05, 0.1) is 5.70 Å². The van der Waals surface area contributed by atoms with Crippen LogP contribution in [0, 0.1) is 20.8 Å². The Balaban J connectivity index is 1.93. The number of aryl methyl sites for hydroxylation is 3. The summed E-state index contributed by atoms with van der Waals surface area (Å²) in [5.74, 6) is 1.30. The van der Waals surface area contributed by atoms with Crippen LogP contribution in [0.3, 0.4) is 0 Å². The number of fused-ring (bicyclic) bond motifs is 1. The fourth-order valence-electron chi connectivity index (χ4n) is 3.75. The highest BCUT2D eigenvalue weighted by atomic mass is 15.4. The first-order chi connectivity index (χ1) is 11.0. The predicted molar refractivity (Wildman–Crippen MR) is 98.1 cm³/mol. The Bertz CT molecular complexity index is 670. The lowest BCUT2D eigenvalue weighted by Gasteiger charge is -2.35. The van der Waals surface area contributed by atoms with Crippen molar-refractivity contribution in [2.75, 3.05) is 24.7 Å². The molecule has 2 heterocycles. The summed E-state index contributed by atoms with van der Waals surface area (Å²) < 4.78 is 0. The van der Waals surface area contributed by atoms with E-state index in [1.165, 1.54) is 33.9 Å². The third kappa shape index (κ3) is 2.76. The van der Waals surface area contributed by atoms with E-state index in [1.54, 1.807) is 0 Å². The molecule has 1 aromatic rings. The fourth-order valence-corrected chi connectivity index (χ4v) is 3.75. The molecule has 0 spiro atoms. The number of hydrogen-bond donors (Lipinski definition) is 0. The molecule has 0 radical (unpaired) electrons. The SMILES string of the molecule is CCN(CC)C1=CC=CC2=CN(c3c(C)cc(C)cc3C)CN21. The lowest BCUT2D eigenvalue weighted by Crippen LogP contribution is -2.37. The van der Waals surface area contributed by atoms with Gasteiger partial charge in [0.15, 0.2) is 0 Å². The van der Waals surface area contributed by atoms with Crippen molar-refractivity contribution in [3.63, 3.8) is 0 Å². The zero-order valence-electron chi connectivity index (χ0n) is 14.9. The van der Waals surface area contributed by atoms with Crippen LogP contribution in [0.4, 0.5) is 5.69 Å². The van der Waals surface area contributed by atoms with Gasteiger partial charge in [0.2, 0.25) is 0 Å². The molecule has 0 atom stereocenters. The smallest absolute Gasteiger partial charge is 0.110 e. The third-order valence-electron chi connectivity index (χ3n) is 4.69. The zero-order chi connectivity index (χ0) is 16.6. The van der Waals surface area contributed by atoms with Gasteiger partial charge in [0, 0.05) is 25.0 Å². The number of rotatable bonds is 4. The van der Waals surface area contributed by atoms with E-state index in [-0.39, 0.29) is 0 Å². The molecule has 3 nitrogen and oxygen atoms in total. The highest BCUT2D eigenvalue weighted by Crippen LogP contribution is 2.34. The first-order valence-electron chi connectivity index (χ1n) is 8.52. The summed E-state index contributed by atoms with van der Waals surface area (Å²) in [5.41, 5.74) is 6.63. The first kappa shape index (κ1) is 15.7. The molecular formula is C20H27N3. The number of nitrogens with zero attached hydrogens (tertiary/aromatic N) is 3. The van der Waals surface area contributed by atoms with E-state index in [0.29, 0.717) is 0 Å². The Hall–Kier alpha value is -2.16. The maximum Gasteiger partial charge on any atom is 0.110 e. The average Bonchev–Trinajstić information content (AvgIpc) is 2.91. The molecule has 0 unspecified atom stereocenters. The molecule has 0 bridgehead atoms. The molecule has 0 fully saturated rings. The standard InChI is InChI=1S/C20H27N3/c1-6-21(7-2)19-10-8-9-18-13-22(14-23(18)19)20-16(4)11-15(3)12-17(20)5/h8-13H,6-7,14H2,1-5H3. The first-order valence-corrected chi connectivity index (χ1v) is 8.52. The highest BCUT2D eigenvalue weighted by Gasteiger charge is 2.28. The lowest BCUT2D eigenvalue weighted by molar-refractivity contribution is 0.270. The van der Waals surface area contributed by atoms with Gasteiger partial charge in [0.25, 0.3) is 0 Å². The van der Waals surface area contributed by atoms with E-state index in [0.717, 1.165) is 19.8 Å². The van der Waals surface area contributed by atoms with Crippen molar-refractivity contribution < 1.29 is 0 Å². The van der Waals surface area contributed by atoms with Crippen LogP contribution < -0.4 is 4.90 Å². The highest BCUT2D eigenvalue weighted by molar-refractivity contribution is 5.64. The fraction of sp³-hybridized carbons (Fsp3) is 0.400. The minimum atomic E-state index is 0.882. The number of benzene rings is 1. The van der Waals surface area contributed by atoms with Gasteiger partial charge < -0.3 is 14.7 Å². The van der Waals surface area contributed by atoms with E-state index in [9.17, 15) is 0 Å². The Labute approximate surface area is 140 Å². The lowest BCUT2D eigenvalue weighted by atomic mass is 10.0. The topological polar surface area (TPSA) is 9.72 Å². The summed E-state index contributed by atoms with van der Waals surface area (Å²) >= 11 is 0. The molecule has 0 N–H and O–H groups in total. The van der Waals surface area contributed by atoms with Crippen LogP contribution in [0.25, 0.3) is 0 Å². The molecule has 0 aliphatic carbocycles. The normalized spacial score (nSPS) is 16.4. The van der Waals surface area contributed by atoms with Crippen molar-refractivity contribution in [2.24, 2.45) is 0 Å². The van der Waals surface area contributed by atoms with E-state index in [1.807, 2.05) is 0 Å². The second-order valence-electron chi connectivity index (χ2n) is 6.40. The summed E-state index contributed by atoms with van der Waals surface area (Å²) in [6.45, 7) is 14.0. The number of allylic oxidation sites excluding steroid dienone is 3. The van der Waals surface area contributed by atoms with Gasteiger partial charge in [-0.2, -0.15) is 0 Å². The van der Waals surface area contributed by atoms with Crippen molar-refractivity contribution in [3.05, 3.63) is 64.8 Å². The van der Waals surface area contributed by atoms with Crippen LogP contribution >= 0.6 is 0 Å². The van der Waals surface area contributed by atoms with E-state index < -0.39 is 0 Å². The average molecular weight is 309 g/mol. The summed E-state index contributed by atoms with van der Waals surface area (Å²) in [6, 6.07) is 4.55. The van der Waals surface area contributed by atoms with E-state index in [2.05, 4.69) is 85.9 Å². The van der Waals surface area contributed by atoms with E-state index >= 15 is 0 Å². The minimum Gasteiger partial charge on any atom is -0.359 e. The van der Waals surface area contributed by atoms with Crippen LogP contribution in [-0.2, 0) is 0 Å². The predicted octanol–water partition coefficient (Wildman–Crippen LogP) is 4.29. The van der Waals surface area contributed by atoms with Crippen molar-refractivity contribution in [1.29, 1.82) is 0 Å². The largest absolute Gasteiger partial charge is 0.359 e. The van der Waals surface area contributed by atoms with Crippen LogP contribution in [0.1, 0.15) is 30.5 Å². The van der Waals surface area contributed by atoms with Crippen molar-refractivity contribution in [3.8, 4) is 0 Å². The molecule has 0 saturated carbocycles. The molecule has 0 saturated heterocycles. The maximum atomic E-state index is 2.41. The van der Waals surface area contributed by atoms with Gasteiger partial charge in [-0.15, -0.1) is 0 Å². The molecule has 0 amide bonds. The summed E-state index contributed by atoms with van der Waals surface area (Å²) in [5, 5.41) is 0. The molecule has 2 aliphatic heterocycles. The van der Waals surface area contributed by atoms with Gasteiger partial charge in [-0.25, -0.2) is 0 Å². The molecule has 1 aromatic carbocycles. The second kappa shape index (κ2) is 6.15. The van der Waals surface area contributed by atoms with Crippen LogP contribution in [0.15, 0.2) is 48.1 Å². The van der Waals surface area contributed by atoms with Gasteiger partial charge >= 0.3 is 0 Å². The third-order valence-corrected chi connectivity index (χ3v) is 4.69. The van der Waals surface area contributed by atoms with Crippen molar-refractivity contribution in [1.82, 2.24) is 9.80 Å². The maximum absolute atomic E-state index is 2.41. The van der Waals surface area contributed by atoms with Crippen LogP contribution in [0.2, 0.25) is 0 Å². The van der Waals surface area contributed by atoms with E-state index in [4.69, 9.17) is 0 Å². The number of hydrogen-bond acceptors (Lipinski definition) is 3. The Morgan fingerprint density at radius 3 is 2.30 bits per heavy atom. The Kier molecular flexibility index (Phi) is 4.20. The second-order valence-corrected chi connectivity index (χ2v) is 6.40. The molecular weight excluding hydrogens is 282 g/mol. The number of anilines is 1. The van der Waals surface area contributed by atoms with Crippen LogP contribution in [-0.4, -0.2) is 29.6 Å². The monoisotopic (exact) mass is 309 g/mol. The molecule has 122 valence electrons.